The third kappa shape index (κ3) is 4.43. The second-order valence-corrected chi connectivity index (χ2v) is 7.64. The molecule has 0 saturated heterocycles. The average molecular weight is 364 g/mol. The number of para-hydroxylation sites is 1. The summed E-state index contributed by atoms with van der Waals surface area (Å²) >= 11 is 0. The maximum absolute atomic E-state index is 13.0. The van der Waals surface area contributed by atoms with Crippen LogP contribution in [-0.4, -0.2) is 31.7 Å². The number of aryl methyl sites for hydroxylation is 2. The largest absolute Gasteiger partial charge is 0.324 e. The Labute approximate surface area is 147 Å². The van der Waals surface area contributed by atoms with Gasteiger partial charge in [0.1, 0.15) is 5.82 Å². The highest BCUT2D eigenvalue weighted by Gasteiger charge is 2.25. The number of nitrogens with zero attached hydrogens (tertiary/aromatic N) is 1. The van der Waals surface area contributed by atoms with Crippen molar-refractivity contribution >= 4 is 21.6 Å². The van der Waals surface area contributed by atoms with Gasteiger partial charge in [0.2, 0.25) is 15.9 Å². The van der Waals surface area contributed by atoms with Gasteiger partial charge in [-0.2, -0.15) is 4.31 Å². The van der Waals surface area contributed by atoms with E-state index in [0.717, 1.165) is 27.6 Å². The Balaban J connectivity index is 2.18. The van der Waals surface area contributed by atoms with E-state index in [1.807, 2.05) is 32.0 Å². The van der Waals surface area contributed by atoms with E-state index < -0.39 is 21.7 Å². The van der Waals surface area contributed by atoms with Crippen molar-refractivity contribution in [2.75, 3.05) is 18.4 Å². The SMILES string of the molecule is CCN(CC(=O)Nc1c(C)cccc1C)S(=O)(=O)c1ccc(F)cc1. The minimum absolute atomic E-state index is 0.0457. The van der Waals surface area contributed by atoms with Crippen molar-refractivity contribution in [2.45, 2.75) is 25.7 Å². The van der Waals surface area contributed by atoms with E-state index in [1.54, 1.807) is 6.92 Å². The fourth-order valence-corrected chi connectivity index (χ4v) is 3.88. The first-order valence-corrected chi connectivity index (χ1v) is 9.31. The van der Waals surface area contributed by atoms with Crippen LogP contribution in [0.25, 0.3) is 0 Å². The summed E-state index contributed by atoms with van der Waals surface area (Å²) < 4.78 is 39.3. The van der Waals surface area contributed by atoms with Crippen LogP contribution in [0.2, 0.25) is 0 Å². The lowest BCUT2D eigenvalue weighted by Gasteiger charge is -2.20. The number of likely N-dealkylation sites (N-methyl/N-ethyl adjacent to an activating group) is 1. The van der Waals surface area contributed by atoms with E-state index in [4.69, 9.17) is 0 Å². The standard InChI is InChI=1S/C18H21FN2O3S/c1-4-21(25(23,24)16-10-8-15(19)9-11-16)12-17(22)20-18-13(2)6-5-7-14(18)3/h5-11H,4,12H2,1-3H3,(H,20,22). The number of benzene rings is 2. The maximum atomic E-state index is 13.0. The summed E-state index contributed by atoms with van der Waals surface area (Å²) in [6, 6.07) is 10.2. The molecule has 0 radical (unpaired) electrons. The van der Waals surface area contributed by atoms with Crippen LogP contribution in [-0.2, 0) is 14.8 Å². The molecule has 134 valence electrons. The molecule has 0 aromatic heterocycles. The van der Waals surface area contributed by atoms with Gasteiger partial charge >= 0.3 is 0 Å². The smallest absolute Gasteiger partial charge is 0.243 e. The first-order chi connectivity index (χ1) is 11.8. The second-order valence-electron chi connectivity index (χ2n) is 5.70. The summed E-state index contributed by atoms with van der Waals surface area (Å²) in [6.07, 6.45) is 0. The van der Waals surface area contributed by atoms with Crippen LogP contribution in [0.3, 0.4) is 0 Å². The van der Waals surface area contributed by atoms with Crippen molar-refractivity contribution in [1.82, 2.24) is 4.31 Å². The molecule has 2 rings (SSSR count). The van der Waals surface area contributed by atoms with Crippen molar-refractivity contribution in [1.29, 1.82) is 0 Å². The highest BCUT2D eigenvalue weighted by atomic mass is 32.2. The first-order valence-electron chi connectivity index (χ1n) is 7.87. The number of amides is 1. The van der Waals surface area contributed by atoms with Gasteiger partial charge < -0.3 is 5.32 Å². The van der Waals surface area contributed by atoms with Crippen LogP contribution in [0.15, 0.2) is 47.4 Å². The van der Waals surface area contributed by atoms with Crippen LogP contribution in [0, 0.1) is 19.7 Å². The zero-order valence-electron chi connectivity index (χ0n) is 14.4. The van der Waals surface area contributed by atoms with Gasteiger partial charge in [0, 0.05) is 12.2 Å². The first kappa shape index (κ1) is 19.1. The zero-order valence-corrected chi connectivity index (χ0v) is 15.2. The number of hydrogen-bond donors (Lipinski definition) is 1. The Bertz CT molecular complexity index is 844. The Kier molecular flexibility index (Phi) is 5.92. The maximum Gasteiger partial charge on any atom is 0.243 e. The fourth-order valence-electron chi connectivity index (χ4n) is 2.47. The molecule has 25 heavy (non-hydrogen) atoms. The molecule has 5 nitrogen and oxygen atoms in total. The van der Waals surface area contributed by atoms with Gasteiger partial charge in [0.05, 0.1) is 11.4 Å². The van der Waals surface area contributed by atoms with Gasteiger partial charge in [0.15, 0.2) is 0 Å². The summed E-state index contributed by atoms with van der Waals surface area (Å²) in [5.41, 5.74) is 2.48. The van der Waals surface area contributed by atoms with E-state index in [2.05, 4.69) is 5.32 Å². The molecule has 2 aromatic carbocycles. The summed E-state index contributed by atoms with van der Waals surface area (Å²) in [5.74, 6) is -0.945. The molecular weight excluding hydrogens is 343 g/mol. The predicted octanol–water partition coefficient (Wildman–Crippen LogP) is 3.09. The molecule has 0 spiro atoms. The molecule has 0 heterocycles. The van der Waals surface area contributed by atoms with Gasteiger partial charge in [-0.1, -0.05) is 25.1 Å². The van der Waals surface area contributed by atoms with Crippen molar-refractivity contribution in [3.8, 4) is 0 Å². The molecule has 1 N–H and O–H groups in total. The van der Waals surface area contributed by atoms with Gasteiger partial charge in [-0.25, -0.2) is 12.8 Å². The monoisotopic (exact) mass is 364 g/mol. The van der Waals surface area contributed by atoms with Crippen LogP contribution in [0.5, 0.6) is 0 Å². The number of sulfonamides is 1. The number of rotatable bonds is 6. The number of halogens is 1. The Morgan fingerprint density at radius 2 is 1.64 bits per heavy atom. The molecule has 0 aliphatic heterocycles. The summed E-state index contributed by atoms with van der Waals surface area (Å²) in [6.45, 7) is 5.20. The van der Waals surface area contributed by atoms with E-state index in [1.165, 1.54) is 12.1 Å². The summed E-state index contributed by atoms with van der Waals surface area (Å²) in [5, 5.41) is 2.77. The van der Waals surface area contributed by atoms with Crippen LogP contribution >= 0.6 is 0 Å². The molecule has 0 fully saturated rings. The lowest BCUT2D eigenvalue weighted by Crippen LogP contribution is -2.38. The van der Waals surface area contributed by atoms with E-state index in [0.29, 0.717) is 5.69 Å². The Morgan fingerprint density at radius 3 is 2.16 bits per heavy atom. The van der Waals surface area contributed by atoms with Crippen LogP contribution in [0.4, 0.5) is 10.1 Å². The number of carbonyl (C=O) groups excluding carboxylic acids is 1. The molecule has 2 aromatic rings. The van der Waals surface area contributed by atoms with Crippen LogP contribution in [0.1, 0.15) is 18.1 Å². The van der Waals surface area contributed by atoms with Crippen molar-refractivity contribution in [2.24, 2.45) is 0 Å². The van der Waals surface area contributed by atoms with Crippen LogP contribution < -0.4 is 5.32 Å². The molecule has 7 heteroatoms. The average Bonchev–Trinajstić information content (AvgIpc) is 2.56. The molecule has 0 bridgehead atoms. The van der Waals surface area contributed by atoms with Gasteiger partial charge in [-0.3, -0.25) is 4.79 Å². The minimum Gasteiger partial charge on any atom is -0.324 e. The zero-order chi connectivity index (χ0) is 18.6. The van der Waals surface area contributed by atoms with Gasteiger partial charge in [0.25, 0.3) is 0 Å². The third-order valence-corrected chi connectivity index (χ3v) is 5.80. The van der Waals surface area contributed by atoms with E-state index in [-0.39, 0.29) is 18.0 Å². The van der Waals surface area contributed by atoms with Crippen molar-refractivity contribution < 1.29 is 17.6 Å². The molecular formula is C18H21FN2O3S. The molecule has 0 aliphatic carbocycles. The Morgan fingerprint density at radius 1 is 1.08 bits per heavy atom. The van der Waals surface area contributed by atoms with E-state index in [9.17, 15) is 17.6 Å². The van der Waals surface area contributed by atoms with Gasteiger partial charge in [-0.15, -0.1) is 0 Å². The third-order valence-electron chi connectivity index (χ3n) is 3.87. The Hall–Kier alpha value is -2.25. The summed E-state index contributed by atoms with van der Waals surface area (Å²) in [7, 11) is -3.87. The lowest BCUT2D eigenvalue weighted by molar-refractivity contribution is -0.116. The normalized spacial score (nSPS) is 11.6. The molecule has 1 amide bonds. The predicted molar refractivity (Wildman–Crippen MR) is 95.4 cm³/mol. The number of hydrogen-bond acceptors (Lipinski definition) is 3. The highest BCUT2D eigenvalue weighted by Crippen LogP contribution is 2.20. The molecule has 0 aliphatic rings. The van der Waals surface area contributed by atoms with E-state index >= 15 is 0 Å². The number of anilines is 1. The highest BCUT2D eigenvalue weighted by molar-refractivity contribution is 7.89. The fraction of sp³-hybridized carbons (Fsp3) is 0.278. The second kappa shape index (κ2) is 7.76. The molecule has 0 unspecified atom stereocenters. The quantitative estimate of drug-likeness (QED) is 0.856. The summed E-state index contributed by atoms with van der Waals surface area (Å²) in [4.78, 5) is 12.3. The number of nitrogens with one attached hydrogen (secondary N) is 1. The van der Waals surface area contributed by atoms with Crippen molar-refractivity contribution in [3.63, 3.8) is 0 Å². The van der Waals surface area contributed by atoms with Crippen molar-refractivity contribution in [3.05, 3.63) is 59.4 Å². The number of carbonyl (C=O) groups is 1. The minimum atomic E-state index is -3.87. The topological polar surface area (TPSA) is 66.5 Å². The van der Waals surface area contributed by atoms with Gasteiger partial charge in [-0.05, 0) is 49.2 Å². The lowest BCUT2D eigenvalue weighted by atomic mass is 10.1. The molecule has 0 atom stereocenters. The molecule has 0 saturated carbocycles.